The largest absolute Gasteiger partial charge is 0.341 e. The number of nitrogens with zero attached hydrogens (tertiary/aromatic N) is 8. The van der Waals surface area contributed by atoms with E-state index in [0.29, 0.717) is 6.04 Å². The van der Waals surface area contributed by atoms with Crippen LogP contribution in [0.1, 0.15) is 51.6 Å². The second kappa shape index (κ2) is 9.28. The quantitative estimate of drug-likeness (QED) is 0.471. The molecule has 0 spiro atoms. The highest BCUT2D eigenvalue weighted by Crippen LogP contribution is 2.29. The summed E-state index contributed by atoms with van der Waals surface area (Å²) >= 11 is 0. The lowest BCUT2D eigenvalue weighted by Crippen LogP contribution is -2.43. The minimum Gasteiger partial charge on any atom is -0.341 e. The summed E-state index contributed by atoms with van der Waals surface area (Å²) in [6, 6.07) is 2.60. The van der Waals surface area contributed by atoms with Crippen LogP contribution in [-0.4, -0.2) is 65.2 Å². The highest BCUT2D eigenvalue weighted by Gasteiger charge is 2.24. The molecule has 1 saturated heterocycles. The van der Waals surface area contributed by atoms with E-state index in [9.17, 15) is 4.79 Å². The average Bonchev–Trinajstić information content (AvgIpc) is 3.64. The number of hydrogen-bond acceptors (Lipinski definition) is 5. The molecule has 1 aliphatic heterocycles. The smallest absolute Gasteiger partial charge is 0.317 e. The van der Waals surface area contributed by atoms with Gasteiger partial charge in [0.05, 0.1) is 53.8 Å². The topological polar surface area (TPSA) is 98.2 Å². The normalized spacial score (nSPS) is 14.9. The van der Waals surface area contributed by atoms with Gasteiger partial charge in [-0.05, 0) is 31.7 Å². The Kier molecular flexibility index (Phi) is 6.04. The summed E-state index contributed by atoms with van der Waals surface area (Å²) in [6.07, 6.45) is 15.4. The van der Waals surface area contributed by atoms with Gasteiger partial charge in [-0.1, -0.05) is 13.8 Å². The van der Waals surface area contributed by atoms with Gasteiger partial charge in [0.1, 0.15) is 0 Å². The van der Waals surface area contributed by atoms with Gasteiger partial charge in [0.15, 0.2) is 0 Å². The maximum absolute atomic E-state index is 11.9. The molecule has 0 atom stereocenters. The standard InChI is InChI=1S/C24H31N9O/c1-4-19(5-2)31-15-18(13-28-31)23-22-6-9-26-33(22)16-21(29-23)17-12-27-32(14-17)20-7-10-30(11-8-20)24(34)25-3/h6,9,12-16,19-20H,4-5,7-8,10-11H2,1-3H3,(H,25,34). The fourth-order valence-electron chi connectivity index (χ4n) is 4.76. The van der Waals surface area contributed by atoms with Crippen LogP contribution >= 0.6 is 0 Å². The summed E-state index contributed by atoms with van der Waals surface area (Å²) < 4.78 is 5.92. The van der Waals surface area contributed by atoms with E-state index >= 15 is 0 Å². The Morgan fingerprint density at radius 3 is 2.56 bits per heavy atom. The molecule has 1 aliphatic rings. The van der Waals surface area contributed by atoms with Crippen molar-refractivity contribution in [1.29, 1.82) is 0 Å². The maximum Gasteiger partial charge on any atom is 0.317 e. The fraction of sp³-hybridized carbons (Fsp3) is 0.458. The molecule has 1 N–H and O–H groups in total. The van der Waals surface area contributed by atoms with Gasteiger partial charge < -0.3 is 10.2 Å². The molecule has 0 unspecified atom stereocenters. The number of likely N-dealkylation sites (tertiary alicyclic amines) is 1. The summed E-state index contributed by atoms with van der Waals surface area (Å²) in [4.78, 5) is 18.7. The number of aromatic nitrogens is 7. The molecule has 5 heterocycles. The summed E-state index contributed by atoms with van der Waals surface area (Å²) in [5, 5.41) is 16.4. The third-order valence-corrected chi connectivity index (χ3v) is 6.82. The first-order chi connectivity index (χ1) is 16.6. The van der Waals surface area contributed by atoms with Crippen molar-refractivity contribution in [3.8, 4) is 22.5 Å². The van der Waals surface area contributed by atoms with Crippen LogP contribution in [0.25, 0.3) is 28.0 Å². The van der Waals surface area contributed by atoms with Gasteiger partial charge >= 0.3 is 6.03 Å². The van der Waals surface area contributed by atoms with Gasteiger partial charge in [0, 0.05) is 43.7 Å². The van der Waals surface area contributed by atoms with Gasteiger partial charge in [-0.15, -0.1) is 0 Å². The monoisotopic (exact) mass is 461 g/mol. The lowest BCUT2D eigenvalue weighted by molar-refractivity contribution is 0.170. The van der Waals surface area contributed by atoms with E-state index in [2.05, 4.69) is 46.9 Å². The van der Waals surface area contributed by atoms with E-state index in [-0.39, 0.29) is 12.1 Å². The Labute approximate surface area is 198 Å². The number of carbonyl (C=O) groups is 1. The number of amides is 2. The maximum atomic E-state index is 11.9. The van der Waals surface area contributed by atoms with Gasteiger partial charge in [-0.2, -0.15) is 15.3 Å². The first kappa shape index (κ1) is 22.1. The summed E-state index contributed by atoms with van der Waals surface area (Å²) in [7, 11) is 1.67. The second-order valence-corrected chi connectivity index (χ2v) is 8.80. The molecule has 178 valence electrons. The molecule has 4 aromatic rings. The Morgan fingerprint density at radius 2 is 1.82 bits per heavy atom. The average molecular weight is 462 g/mol. The first-order valence-corrected chi connectivity index (χ1v) is 12.0. The van der Waals surface area contributed by atoms with Gasteiger partial charge in [-0.25, -0.2) is 14.3 Å². The van der Waals surface area contributed by atoms with Crippen LogP contribution < -0.4 is 5.32 Å². The minimum atomic E-state index is -0.0172. The highest BCUT2D eigenvalue weighted by molar-refractivity contribution is 5.78. The van der Waals surface area contributed by atoms with Crippen LogP contribution in [-0.2, 0) is 0 Å². The van der Waals surface area contributed by atoms with Crippen LogP contribution in [0, 0.1) is 0 Å². The van der Waals surface area contributed by atoms with Crippen molar-refractivity contribution in [3.05, 3.63) is 43.2 Å². The second-order valence-electron chi connectivity index (χ2n) is 8.80. The van der Waals surface area contributed by atoms with Crippen molar-refractivity contribution in [2.45, 2.75) is 51.6 Å². The lowest BCUT2D eigenvalue weighted by atomic mass is 10.1. The van der Waals surface area contributed by atoms with E-state index in [1.807, 2.05) is 43.4 Å². The zero-order chi connectivity index (χ0) is 23.7. The predicted molar refractivity (Wildman–Crippen MR) is 129 cm³/mol. The predicted octanol–water partition coefficient (Wildman–Crippen LogP) is 3.79. The van der Waals surface area contributed by atoms with Crippen molar-refractivity contribution >= 4 is 11.5 Å². The molecule has 0 aliphatic carbocycles. The molecular formula is C24H31N9O. The molecule has 0 bridgehead atoms. The molecule has 2 amide bonds. The SMILES string of the molecule is CCC(CC)n1cc(-c2nc(-c3cnn(C4CCN(C(=O)NC)CC4)c3)cn3nccc23)cn1. The number of urea groups is 1. The fourth-order valence-corrected chi connectivity index (χ4v) is 4.76. The van der Waals surface area contributed by atoms with Crippen LogP contribution in [0.5, 0.6) is 0 Å². The molecule has 0 aromatic carbocycles. The first-order valence-electron chi connectivity index (χ1n) is 12.0. The number of piperidine rings is 1. The van der Waals surface area contributed by atoms with E-state index in [1.165, 1.54) is 0 Å². The number of hydrogen-bond donors (Lipinski definition) is 1. The van der Waals surface area contributed by atoms with Crippen LogP contribution in [0.3, 0.4) is 0 Å². The van der Waals surface area contributed by atoms with Crippen molar-refractivity contribution < 1.29 is 4.79 Å². The molecule has 0 radical (unpaired) electrons. The zero-order valence-corrected chi connectivity index (χ0v) is 19.9. The molecule has 4 aromatic heterocycles. The number of fused-ring (bicyclic) bond motifs is 1. The Morgan fingerprint density at radius 1 is 1.06 bits per heavy atom. The molecule has 1 fully saturated rings. The third-order valence-electron chi connectivity index (χ3n) is 6.82. The van der Waals surface area contributed by atoms with E-state index < -0.39 is 0 Å². The molecule has 0 saturated carbocycles. The number of nitrogens with one attached hydrogen (secondary N) is 1. The summed E-state index contributed by atoms with van der Waals surface area (Å²) in [6.45, 7) is 5.82. The van der Waals surface area contributed by atoms with Gasteiger partial charge in [0.2, 0.25) is 0 Å². The zero-order valence-electron chi connectivity index (χ0n) is 19.9. The number of rotatable bonds is 6. The highest BCUT2D eigenvalue weighted by atomic mass is 16.2. The van der Waals surface area contributed by atoms with Crippen LogP contribution in [0.15, 0.2) is 43.2 Å². The van der Waals surface area contributed by atoms with E-state index in [4.69, 9.17) is 4.98 Å². The van der Waals surface area contributed by atoms with Crippen molar-refractivity contribution in [2.75, 3.05) is 20.1 Å². The van der Waals surface area contributed by atoms with Crippen molar-refractivity contribution in [2.24, 2.45) is 0 Å². The van der Waals surface area contributed by atoms with Gasteiger partial charge in [-0.3, -0.25) is 9.36 Å². The van der Waals surface area contributed by atoms with Crippen molar-refractivity contribution in [1.82, 2.24) is 44.4 Å². The third kappa shape index (κ3) is 4.04. The lowest BCUT2D eigenvalue weighted by Gasteiger charge is -2.31. The summed E-state index contributed by atoms with van der Waals surface area (Å²) in [5.74, 6) is 0. The molecule has 5 rings (SSSR count). The molecule has 34 heavy (non-hydrogen) atoms. The minimum absolute atomic E-state index is 0.0172. The molecule has 10 heteroatoms. The molecular weight excluding hydrogens is 430 g/mol. The Bertz CT molecular complexity index is 1270. The number of carbonyl (C=O) groups excluding carboxylic acids is 1. The Hall–Kier alpha value is -3.69. The van der Waals surface area contributed by atoms with E-state index in [1.54, 1.807) is 13.2 Å². The summed E-state index contributed by atoms with van der Waals surface area (Å²) in [5.41, 5.74) is 4.55. The van der Waals surface area contributed by atoms with Crippen LogP contribution in [0.4, 0.5) is 4.79 Å². The van der Waals surface area contributed by atoms with Gasteiger partial charge in [0.25, 0.3) is 0 Å². The van der Waals surface area contributed by atoms with E-state index in [0.717, 1.165) is 66.8 Å². The Balaban J connectivity index is 1.43. The molecule has 10 nitrogen and oxygen atoms in total. The van der Waals surface area contributed by atoms with Crippen molar-refractivity contribution in [3.63, 3.8) is 0 Å². The van der Waals surface area contributed by atoms with Crippen LogP contribution in [0.2, 0.25) is 0 Å².